The first-order chi connectivity index (χ1) is 13.1. The van der Waals surface area contributed by atoms with Gasteiger partial charge in [0.25, 0.3) is 11.8 Å². The highest BCUT2D eigenvalue weighted by molar-refractivity contribution is 6.05. The summed E-state index contributed by atoms with van der Waals surface area (Å²) in [6.07, 6.45) is 6.56. The Morgan fingerprint density at radius 2 is 1.59 bits per heavy atom. The minimum atomic E-state index is -0.450. The number of halogens is 1. The first kappa shape index (κ1) is 18.8. The quantitative estimate of drug-likeness (QED) is 0.785. The second kappa shape index (κ2) is 9.12. The van der Waals surface area contributed by atoms with Gasteiger partial charge in [0.15, 0.2) is 0 Å². The SMILES string of the molecule is O=C(NC1CCCCC1)/C(=C/c1ccccc1F)NC(=O)c1ccccc1. The topological polar surface area (TPSA) is 58.2 Å². The monoisotopic (exact) mass is 366 g/mol. The summed E-state index contributed by atoms with van der Waals surface area (Å²) in [5.74, 6) is -1.25. The molecule has 2 amide bonds. The molecule has 1 aliphatic rings. The van der Waals surface area contributed by atoms with Gasteiger partial charge in [-0.2, -0.15) is 0 Å². The lowest BCUT2D eigenvalue weighted by Crippen LogP contribution is -2.41. The molecular formula is C22H23FN2O2. The fraction of sp³-hybridized carbons (Fsp3) is 0.273. The molecule has 4 nitrogen and oxygen atoms in total. The van der Waals surface area contributed by atoms with Crippen LogP contribution in [0.2, 0.25) is 0 Å². The third-order valence-electron chi connectivity index (χ3n) is 4.67. The number of benzene rings is 2. The Morgan fingerprint density at radius 3 is 2.30 bits per heavy atom. The highest BCUT2D eigenvalue weighted by atomic mass is 19.1. The predicted molar refractivity (Wildman–Crippen MR) is 103 cm³/mol. The molecule has 0 aromatic heterocycles. The van der Waals surface area contributed by atoms with E-state index in [9.17, 15) is 14.0 Å². The normalized spacial score (nSPS) is 15.2. The molecule has 0 saturated heterocycles. The molecule has 27 heavy (non-hydrogen) atoms. The molecule has 0 heterocycles. The van der Waals surface area contributed by atoms with Crippen LogP contribution >= 0.6 is 0 Å². The van der Waals surface area contributed by atoms with Crippen LogP contribution in [0.25, 0.3) is 6.08 Å². The van der Waals surface area contributed by atoms with Gasteiger partial charge in [-0.1, -0.05) is 55.7 Å². The van der Waals surface area contributed by atoms with Crippen molar-refractivity contribution in [3.8, 4) is 0 Å². The van der Waals surface area contributed by atoms with Crippen LogP contribution in [0, 0.1) is 5.82 Å². The maximum Gasteiger partial charge on any atom is 0.268 e. The van der Waals surface area contributed by atoms with Crippen LogP contribution in [0.3, 0.4) is 0 Å². The van der Waals surface area contributed by atoms with Crippen molar-refractivity contribution >= 4 is 17.9 Å². The van der Waals surface area contributed by atoms with E-state index < -0.39 is 17.6 Å². The molecule has 5 heteroatoms. The first-order valence-electron chi connectivity index (χ1n) is 9.27. The fourth-order valence-corrected chi connectivity index (χ4v) is 3.20. The number of hydrogen-bond acceptors (Lipinski definition) is 2. The lowest BCUT2D eigenvalue weighted by atomic mass is 9.95. The summed E-state index contributed by atoms with van der Waals surface area (Å²) >= 11 is 0. The average Bonchev–Trinajstić information content (AvgIpc) is 2.70. The van der Waals surface area contributed by atoms with E-state index in [1.807, 2.05) is 6.07 Å². The maximum atomic E-state index is 14.0. The van der Waals surface area contributed by atoms with E-state index in [1.165, 1.54) is 18.6 Å². The van der Waals surface area contributed by atoms with Crippen molar-refractivity contribution in [3.05, 3.63) is 77.2 Å². The Balaban J connectivity index is 1.82. The molecule has 2 aromatic carbocycles. The van der Waals surface area contributed by atoms with Gasteiger partial charge in [0.1, 0.15) is 11.5 Å². The Kier molecular flexibility index (Phi) is 6.36. The summed E-state index contributed by atoms with van der Waals surface area (Å²) in [6, 6.07) is 14.9. The van der Waals surface area contributed by atoms with Gasteiger partial charge in [-0.25, -0.2) is 4.39 Å². The summed E-state index contributed by atoms with van der Waals surface area (Å²) < 4.78 is 14.0. The second-order valence-corrected chi connectivity index (χ2v) is 6.71. The van der Waals surface area contributed by atoms with Crippen molar-refractivity contribution in [1.82, 2.24) is 10.6 Å². The van der Waals surface area contributed by atoms with Gasteiger partial charge >= 0.3 is 0 Å². The Hall–Kier alpha value is -2.95. The molecule has 1 aliphatic carbocycles. The molecule has 0 aliphatic heterocycles. The van der Waals surface area contributed by atoms with Crippen LogP contribution in [0.5, 0.6) is 0 Å². The van der Waals surface area contributed by atoms with Gasteiger partial charge < -0.3 is 10.6 Å². The van der Waals surface area contributed by atoms with Crippen molar-refractivity contribution in [3.63, 3.8) is 0 Å². The summed E-state index contributed by atoms with van der Waals surface area (Å²) in [4.78, 5) is 25.3. The van der Waals surface area contributed by atoms with Crippen LogP contribution in [0.4, 0.5) is 4.39 Å². The number of amides is 2. The lowest BCUT2D eigenvalue weighted by molar-refractivity contribution is -0.118. The summed E-state index contributed by atoms with van der Waals surface area (Å²) in [5.41, 5.74) is 0.724. The van der Waals surface area contributed by atoms with E-state index in [1.54, 1.807) is 42.5 Å². The largest absolute Gasteiger partial charge is 0.348 e. The molecule has 0 bridgehead atoms. The Bertz CT molecular complexity index is 827. The molecule has 0 unspecified atom stereocenters. The molecule has 1 fully saturated rings. The maximum absolute atomic E-state index is 14.0. The van der Waals surface area contributed by atoms with Crippen molar-refractivity contribution < 1.29 is 14.0 Å². The predicted octanol–water partition coefficient (Wildman–Crippen LogP) is 4.05. The van der Waals surface area contributed by atoms with Crippen molar-refractivity contribution in [1.29, 1.82) is 0 Å². The molecule has 2 aromatic rings. The van der Waals surface area contributed by atoms with Crippen LogP contribution in [0.1, 0.15) is 48.0 Å². The van der Waals surface area contributed by atoms with Crippen LogP contribution in [-0.4, -0.2) is 17.9 Å². The number of carbonyl (C=O) groups excluding carboxylic acids is 2. The molecule has 140 valence electrons. The van der Waals surface area contributed by atoms with Crippen molar-refractivity contribution in [2.24, 2.45) is 0 Å². The smallest absolute Gasteiger partial charge is 0.268 e. The molecule has 0 atom stereocenters. The fourth-order valence-electron chi connectivity index (χ4n) is 3.20. The highest BCUT2D eigenvalue weighted by Crippen LogP contribution is 2.18. The average molecular weight is 366 g/mol. The highest BCUT2D eigenvalue weighted by Gasteiger charge is 2.20. The number of carbonyl (C=O) groups is 2. The van der Waals surface area contributed by atoms with E-state index in [0.29, 0.717) is 5.56 Å². The molecule has 3 rings (SSSR count). The molecular weight excluding hydrogens is 343 g/mol. The number of nitrogens with one attached hydrogen (secondary N) is 2. The van der Waals surface area contributed by atoms with Gasteiger partial charge in [0.05, 0.1) is 0 Å². The standard InChI is InChI=1S/C22H23FN2O2/c23-19-14-8-7-11-17(19)15-20(22(27)24-18-12-5-2-6-13-18)25-21(26)16-9-3-1-4-10-16/h1,3-4,7-11,14-15,18H,2,5-6,12-13H2,(H,24,27)(H,25,26)/b20-15-. The molecule has 2 N–H and O–H groups in total. The van der Waals surface area contributed by atoms with E-state index in [4.69, 9.17) is 0 Å². The Labute approximate surface area is 158 Å². The van der Waals surface area contributed by atoms with Gasteiger partial charge in [-0.05, 0) is 37.1 Å². The Morgan fingerprint density at radius 1 is 0.926 bits per heavy atom. The molecule has 0 radical (unpaired) electrons. The van der Waals surface area contributed by atoms with Crippen LogP contribution < -0.4 is 10.6 Å². The van der Waals surface area contributed by atoms with Crippen LogP contribution in [-0.2, 0) is 4.79 Å². The van der Waals surface area contributed by atoms with Gasteiger partial charge in [0.2, 0.25) is 0 Å². The zero-order valence-corrected chi connectivity index (χ0v) is 15.1. The van der Waals surface area contributed by atoms with E-state index in [0.717, 1.165) is 25.7 Å². The van der Waals surface area contributed by atoms with Gasteiger partial charge in [-0.3, -0.25) is 9.59 Å². The van der Waals surface area contributed by atoms with E-state index >= 15 is 0 Å². The second-order valence-electron chi connectivity index (χ2n) is 6.71. The molecule has 1 saturated carbocycles. The van der Waals surface area contributed by atoms with Gasteiger partial charge in [-0.15, -0.1) is 0 Å². The third kappa shape index (κ3) is 5.26. The number of hydrogen-bond donors (Lipinski definition) is 2. The summed E-state index contributed by atoms with van der Waals surface area (Å²) in [7, 11) is 0. The van der Waals surface area contributed by atoms with E-state index in [-0.39, 0.29) is 17.3 Å². The van der Waals surface area contributed by atoms with Crippen molar-refractivity contribution in [2.75, 3.05) is 0 Å². The summed E-state index contributed by atoms with van der Waals surface area (Å²) in [6.45, 7) is 0. The zero-order chi connectivity index (χ0) is 19.1. The van der Waals surface area contributed by atoms with Crippen LogP contribution in [0.15, 0.2) is 60.3 Å². The minimum Gasteiger partial charge on any atom is -0.348 e. The third-order valence-corrected chi connectivity index (χ3v) is 4.67. The lowest BCUT2D eigenvalue weighted by Gasteiger charge is -2.23. The van der Waals surface area contributed by atoms with Crippen molar-refractivity contribution in [2.45, 2.75) is 38.1 Å². The first-order valence-corrected chi connectivity index (χ1v) is 9.27. The summed E-state index contributed by atoms with van der Waals surface area (Å²) in [5, 5.41) is 5.61. The van der Waals surface area contributed by atoms with Gasteiger partial charge in [0, 0.05) is 17.2 Å². The number of rotatable bonds is 5. The van der Waals surface area contributed by atoms with E-state index in [2.05, 4.69) is 10.6 Å². The molecule has 0 spiro atoms. The zero-order valence-electron chi connectivity index (χ0n) is 15.1. The minimum absolute atomic E-state index is 0.0412.